The van der Waals surface area contributed by atoms with Crippen LogP contribution in [0, 0.1) is 0 Å². The Balaban J connectivity index is 2.31. The highest BCUT2D eigenvalue weighted by molar-refractivity contribution is 9.10. The van der Waals surface area contributed by atoms with Crippen LogP contribution in [0.1, 0.15) is 59.4 Å². The van der Waals surface area contributed by atoms with Gasteiger partial charge in [-0.15, -0.1) is 0 Å². The molecule has 1 aromatic carbocycles. The molecule has 0 saturated heterocycles. The Hall–Kier alpha value is -1.03. The maximum atomic E-state index is 12.8. The molecule has 4 heteroatoms. The fourth-order valence-corrected chi connectivity index (χ4v) is 3.05. The molecule has 0 unspecified atom stereocenters. The highest BCUT2D eigenvalue weighted by Crippen LogP contribution is 2.38. The summed E-state index contributed by atoms with van der Waals surface area (Å²) in [5.74, 6) is 0. The SMILES string of the molecule is CC(C)(C)OC(=O)N(C1CCC1)C(C)(C)c1ccc(Br)cc1. The molecule has 0 atom stereocenters. The third kappa shape index (κ3) is 3.83. The van der Waals surface area contributed by atoms with E-state index in [-0.39, 0.29) is 12.1 Å². The van der Waals surface area contributed by atoms with Gasteiger partial charge in [0.05, 0.1) is 5.54 Å². The smallest absolute Gasteiger partial charge is 0.411 e. The normalized spacial score (nSPS) is 16.1. The number of hydrogen-bond acceptors (Lipinski definition) is 2. The number of hydrogen-bond donors (Lipinski definition) is 0. The summed E-state index contributed by atoms with van der Waals surface area (Å²) in [6.45, 7) is 9.93. The van der Waals surface area contributed by atoms with Crippen LogP contribution in [0.15, 0.2) is 28.7 Å². The average Bonchev–Trinajstić information content (AvgIpc) is 2.31. The molecule has 0 aliphatic heterocycles. The standard InChI is InChI=1S/C18H26BrNO2/c1-17(2,3)22-16(21)20(15-7-6-8-15)18(4,5)13-9-11-14(19)12-10-13/h9-12,15H,6-8H2,1-5H3. The van der Waals surface area contributed by atoms with Crippen LogP contribution in [0.3, 0.4) is 0 Å². The molecule has 3 nitrogen and oxygen atoms in total. The lowest BCUT2D eigenvalue weighted by molar-refractivity contribution is -0.0256. The summed E-state index contributed by atoms with van der Waals surface area (Å²) >= 11 is 3.47. The van der Waals surface area contributed by atoms with E-state index in [2.05, 4.69) is 41.9 Å². The molecule has 0 bridgehead atoms. The van der Waals surface area contributed by atoms with Gasteiger partial charge < -0.3 is 4.74 Å². The van der Waals surface area contributed by atoms with Crippen molar-refractivity contribution in [1.29, 1.82) is 0 Å². The van der Waals surface area contributed by atoms with Crippen molar-refractivity contribution in [2.45, 2.75) is 71.1 Å². The van der Waals surface area contributed by atoms with Gasteiger partial charge in [-0.05, 0) is 71.6 Å². The van der Waals surface area contributed by atoms with E-state index in [9.17, 15) is 4.79 Å². The molecular weight excluding hydrogens is 342 g/mol. The van der Waals surface area contributed by atoms with Crippen LogP contribution in [-0.4, -0.2) is 22.6 Å². The van der Waals surface area contributed by atoms with Crippen molar-refractivity contribution < 1.29 is 9.53 Å². The van der Waals surface area contributed by atoms with Crippen molar-refractivity contribution >= 4 is 22.0 Å². The molecule has 122 valence electrons. The highest BCUT2D eigenvalue weighted by Gasteiger charge is 2.42. The van der Waals surface area contributed by atoms with Gasteiger partial charge in [-0.2, -0.15) is 0 Å². The minimum absolute atomic E-state index is 0.217. The zero-order valence-corrected chi connectivity index (χ0v) is 15.7. The van der Waals surface area contributed by atoms with Gasteiger partial charge >= 0.3 is 6.09 Å². The summed E-state index contributed by atoms with van der Waals surface area (Å²) in [5, 5.41) is 0. The number of nitrogens with zero attached hydrogens (tertiary/aromatic N) is 1. The third-order valence-electron chi connectivity index (χ3n) is 4.18. The van der Waals surface area contributed by atoms with Gasteiger partial charge in [0.25, 0.3) is 0 Å². The van der Waals surface area contributed by atoms with Crippen LogP contribution in [0.2, 0.25) is 0 Å². The van der Waals surface area contributed by atoms with Gasteiger partial charge in [-0.3, -0.25) is 4.90 Å². The lowest BCUT2D eigenvalue weighted by atomic mass is 9.84. The summed E-state index contributed by atoms with van der Waals surface area (Å²) < 4.78 is 6.71. The van der Waals surface area contributed by atoms with Gasteiger partial charge in [0, 0.05) is 10.5 Å². The Morgan fingerprint density at radius 1 is 1.14 bits per heavy atom. The van der Waals surface area contributed by atoms with Crippen molar-refractivity contribution in [3.8, 4) is 0 Å². The van der Waals surface area contributed by atoms with Crippen LogP contribution in [0.4, 0.5) is 4.79 Å². The molecule has 22 heavy (non-hydrogen) atoms. The monoisotopic (exact) mass is 367 g/mol. The second-order valence-electron chi connectivity index (χ2n) is 7.50. The van der Waals surface area contributed by atoms with Crippen LogP contribution >= 0.6 is 15.9 Å². The Morgan fingerprint density at radius 2 is 1.68 bits per heavy atom. The van der Waals surface area contributed by atoms with Gasteiger partial charge in [-0.1, -0.05) is 28.1 Å². The first kappa shape index (κ1) is 17.3. The van der Waals surface area contributed by atoms with Crippen molar-refractivity contribution in [1.82, 2.24) is 4.90 Å². The molecule has 0 N–H and O–H groups in total. The van der Waals surface area contributed by atoms with Gasteiger partial charge in [-0.25, -0.2) is 4.79 Å². The highest BCUT2D eigenvalue weighted by atomic mass is 79.9. The number of carbonyl (C=O) groups is 1. The zero-order chi connectivity index (χ0) is 16.5. The number of halogens is 1. The molecule has 1 amide bonds. The zero-order valence-electron chi connectivity index (χ0n) is 14.1. The number of ether oxygens (including phenoxy) is 1. The summed E-state index contributed by atoms with van der Waals surface area (Å²) in [6, 6.07) is 8.45. The van der Waals surface area contributed by atoms with E-state index in [1.807, 2.05) is 37.8 Å². The first-order valence-corrected chi connectivity index (χ1v) is 8.69. The summed E-state index contributed by atoms with van der Waals surface area (Å²) in [5.41, 5.74) is 0.247. The molecule has 0 heterocycles. The third-order valence-corrected chi connectivity index (χ3v) is 4.71. The average molecular weight is 368 g/mol. The van der Waals surface area contributed by atoms with Crippen molar-refractivity contribution in [3.05, 3.63) is 34.3 Å². The first-order valence-electron chi connectivity index (χ1n) is 7.89. The second-order valence-corrected chi connectivity index (χ2v) is 8.42. The van der Waals surface area contributed by atoms with Crippen molar-refractivity contribution in [2.75, 3.05) is 0 Å². The maximum absolute atomic E-state index is 12.8. The largest absolute Gasteiger partial charge is 0.444 e. The summed E-state index contributed by atoms with van der Waals surface area (Å²) in [7, 11) is 0. The molecule has 1 aromatic rings. The van der Waals surface area contributed by atoms with E-state index >= 15 is 0 Å². The summed E-state index contributed by atoms with van der Waals surface area (Å²) in [4.78, 5) is 14.7. The number of benzene rings is 1. The van der Waals surface area contributed by atoms with Crippen LogP contribution < -0.4 is 0 Å². The molecule has 2 rings (SSSR count). The lowest BCUT2D eigenvalue weighted by Crippen LogP contribution is -2.55. The first-order chi connectivity index (χ1) is 10.1. The van der Waals surface area contributed by atoms with E-state index < -0.39 is 11.1 Å². The number of amides is 1. The Bertz CT molecular complexity index is 527. The molecule has 1 aliphatic carbocycles. The quantitative estimate of drug-likeness (QED) is 0.708. The molecule has 0 spiro atoms. The minimum Gasteiger partial charge on any atom is -0.444 e. The van der Waals surface area contributed by atoms with E-state index in [0.29, 0.717) is 0 Å². The molecule has 1 fully saturated rings. The second kappa shape index (κ2) is 6.23. The topological polar surface area (TPSA) is 29.5 Å². The fourth-order valence-electron chi connectivity index (χ4n) is 2.79. The molecular formula is C18H26BrNO2. The molecule has 1 aliphatic rings. The van der Waals surface area contributed by atoms with E-state index in [4.69, 9.17) is 4.74 Å². The van der Waals surface area contributed by atoms with Gasteiger partial charge in [0.15, 0.2) is 0 Å². The van der Waals surface area contributed by atoms with Gasteiger partial charge in [0.1, 0.15) is 5.60 Å². The van der Waals surface area contributed by atoms with E-state index in [1.54, 1.807) is 0 Å². The van der Waals surface area contributed by atoms with E-state index in [1.165, 1.54) is 6.42 Å². The summed E-state index contributed by atoms with van der Waals surface area (Å²) in [6.07, 6.45) is 3.07. The Morgan fingerprint density at radius 3 is 2.09 bits per heavy atom. The fraction of sp³-hybridized carbons (Fsp3) is 0.611. The van der Waals surface area contributed by atoms with Crippen LogP contribution in [-0.2, 0) is 10.3 Å². The molecule has 0 aromatic heterocycles. The molecule has 1 saturated carbocycles. The van der Waals surface area contributed by atoms with Crippen LogP contribution in [0.25, 0.3) is 0 Å². The Kier molecular flexibility index (Phi) is 4.90. The predicted molar refractivity (Wildman–Crippen MR) is 92.9 cm³/mol. The van der Waals surface area contributed by atoms with Crippen molar-refractivity contribution in [3.63, 3.8) is 0 Å². The van der Waals surface area contributed by atoms with E-state index in [0.717, 1.165) is 22.9 Å². The maximum Gasteiger partial charge on any atom is 0.411 e. The predicted octanol–water partition coefficient (Wildman–Crippen LogP) is 5.47. The number of rotatable bonds is 3. The van der Waals surface area contributed by atoms with Crippen LogP contribution in [0.5, 0.6) is 0 Å². The minimum atomic E-state index is -0.477. The lowest BCUT2D eigenvalue weighted by Gasteiger charge is -2.47. The van der Waals surface area contributed by atoms with Gasteiger partial charge in [0.2, 0.25) is 0 Å². The number of carbonyl (C=O) groups excluding carboxylic acids is 1. The Labute approximate surface area is 142 Å². The molecule has 0 radical (unpaired) electrons. The van der Waals surface area contributed by atoms with Crippen molar-refractivity contribution in [2.24, 2.45) is 0 Å².